The number of nitrogens with one attached hydrogen (secondary N) is 2. The summed E-state index contributed by atoms with van der Waals surface area (Å²) >= 11 is 0. The number of carbonyl (C=O) groups excluding carboxylic acids is 3. The third-order valence-corrected chi connectivity index (χ3v) is 3.92. The van der Waals surface area contributed by atoms with Crippen LogP contribution in [0.2, 0.25) is 0 Å². The van der Waals surface area contributed by atoms with E-state index in [1.54, 1.807) is 24.5 Å². The Hall–Kier alpha value is -3.22. The van der Waals surface area contributed by atoms with E-state index in [2.05, 4.69) is 15.6 Å². The summed E-state index contributed by atoms with van der Waals surface area (Å²) in [5.41, 5.74) is 1.77. The number of rotatable bonds is 6. The van der Waals surface area contributed by atoms with E-state index in [0.29, 0.717) is 6.54 Å². The van der Waals surface area contributed by atoms with Crippen LogP contribution in [0.1, 0.15) is 17.5 Å². The first-order valence-corrected chi connectivity index (χ1v) is 7.95. The van der Waals surface area contributed by atoms with Gasteiger partial charge in [-0.1, -0.05) is 30.3 Å². The summed E-state index contributed by atoms with van der Waals surface area (Å²) in [7, 11) is 0. The molecule has 1 aliphatic rings. The molecular weight excluding hydrogens is 320 g/mol. The number of urea groups is 1. The fourth-order valence-electron chi connectivity index (χ4n) is 2.59. The van der Waals surface area contributed by atoms with Gasteiger partial charge >= 0.3 is 6.03 Å². The first-order valence-electron chi connectivity index (χ1n) is 7.95. The normalized spacial score (nSPS) is 16.6. The first-order chi connectivity index (χ1) is 12.1. The summed E-state index contributed by atoms with van der Waals surface area (Å²) in [6.45, 7) is 0.546. The molecule has 1 saturated heterocycles. The molecule has 0 aliphatic carbocycles. The monoisotopic (exact) mass is 338 g/mol. The van der Waals surface area contributed by atoms with Crippen molar-refractivity contribution in [3.63, 3.8) is 0 Å². The number of hydrogen-bond acceptors (Lipinski definition) is 4. The Bertz CT molecular complexity index is 764. The zero-order chi connectivity index (χ0) is 17.6. The van der Waals surface area contributed by atoms with Crippen molar-refractivity contribution in [2.24, 2.45) is 0 Å². The number of imide groups is 1. The van der Waals surface area contributed by atoms with Gasteiger partial charge in [-0.15, -0.1) is 0 Å². The Morgan fingerprint density at radius 1 is 1.08 bits per heavy atom. The van der Waals surface area contributed by atoms with Crippen molar-refractivity contribution in [1.29, 1.82) is 0 Å². The van der Waals surface area contributed by atoms with Crippen molar-refractivity contribution in [3.05, 3.63) is 66.0 Å². The molecule has 0 saturated carbocycles. The fraction of sp³-hybridized carbons (Fsp3) is 0.222. The van der Waals surface area contributed by atoms with Gasteiger partial charge in [0.05, 0.1) is 13.0 Å². The molecule has 0 spiro atoms. The number of benzene rings is 1. The van der Waals surface area contributed by atoms with Crippen LogP contribution >= 0.6 is 0 Å². The lowest BCUT2D eigenvalue weighted by atomic mass is 10.1. The molecule has 128 valence electrons. The van der Waals surface area contributed by atoms with Crippen LogP contribution in [0.5, 0.6) is 0 Å². The van der Waals surface area contributed by atoms with Gasteiger partial charge in [0.1, 0.15) is 6.04 Å². The lowest BCUT2D eigenvalue weighted by Gasteiger charge is -2.13. The van der Waals surface area contributed by atoms with Crippen molar-refractivity contribution in [2.75, 3.05) is 0 Å². The quantitative estimate of drug-likeness (QED) is 0.775. The Morgan fingerprint density at radius 2 is 1.80 bits per heavy atom. The maximum absolute atomic E-state index is 12.4. The van der Waals surface area contributed by atoms with Crippen LogP contribution in [0.3, 0.4) is 0 Å². The summed E-state index contributed by atoms with van der Waals surface area (Å²) in [5, 5.41) is 5.31. The number of carbonyl (C=O) groups is 3. The van der Waals surface area contributed by atoms with Crippen LogP contribution in [-0.2, 0) is 22.7 Å². The van der Waals surface area contributed by atoms with Crippen LogP contribution in [0.4, 0.5) is 4.79 Å². The second-order valence-electron chi connectivity index (χ2n) is 5.75. The Labute approximate surface area is 145 Å². The molecule has 2 aromatic rings. The van der Waals surface area contributed by atoms with Gasteiger partial charge in [0.15, 0.2) is 0 Å². The van der Waals surface area contributed by atoms with E-state index >= 15 is 0 Å². The molecule has 25 heavy (non-hydrogen) atoms. The van der Waals surface area contributed by atoms with Gasteiger partial charge in [0.2, 0.25) is 5.91 Å². The minimum Gasteiger partial charge on any atom is -0.352 e. The van der Waals surface area contributed by atoms with E-state index in [4.69, 9.17) is 0 Å². The topological polar surface area (TPSA) is 91.4 Å². The van der Waals surface area contributed by atoms with E-state index < -0.39 is 12.1 Å². The number of pyridine rings is 1. The van der Waals surface area contributed by atoms with E-state index in [0.717, 1.165) is 16.0 Å². The van der Waals surface area contributed by atoms with Gasteiger partial charge in [0.25, 0.3) is 5.91 Å². The van der Waals surface area contributed by atoms with Gasteiger partial charge < -0.3 is 10.6 Å². The SMILES string of the molecule is O=C(CC1NC(=O)N(Cc2ccccc2)C1=O)NCc1ccncc1. The van der Waals surface area contributed by atoms with Gasteiger partial charge in [0, 0.05) is 18.9 Å². The summed E-state index contributed by atoms with van der Waals surface area (Å²) in [6.07, 6.45) is 3.20. The first kappa shape index (κ1) is 16.6. The van der Waals surface area contributed by atoms with Gasteiger partial charge in [-0.3, -0.25) is 19.5 Å². The Balaban J connectivity index is 1.54. The van der Waals surface area contributed by atoms with Gasteiger partial charge in [-0.25, -0.2) is 4.79 Å². The minimum atomic E-state index is -0.825. The Morgan fingerprint density at radius 3 is 2.52 bits per heavy atom. The lowest BCUT2D eigenvalue weighted by molar-refractivity contribution is -0.131. The van der Waals surface area contributed by atoms with Crippen molar-refractivity contribution in [2.45, 2.75) is 25.6 Å². The molecule has 3 rings (SSSR count). The summed E-state index contributed by atoms with van der Waals surface area (Å²) in [4.78, 5) is 41.5. The van der Waals surface area contributed by atoms with E-state index in [1.807, 2.05) is 30.3 Å². The average Bonchev–Trinajstić information content (AvgIpc) is 2.89. The number of hydrogen-bond donors (Lipinski definition) is 2. The van der Waals surface area contributed by atoms with E-state index in [9.17, 15) is 14.4 Å². The van der Waals surface area contributed by atoms with E-state index in [-0.39, 0.29) is 24.8 Å². The van der Waals surface area contributed by atoms with Crippen LogP contribution in [-0.4, -0.2) is 33.8 Å². The second-order valence-corrected chi connectivity index (χ2v) is 5.75. The highest BCUT2D eigenvalue weighted by Crippen LogP contribution is 2.14. The third-order valence-electron chi connectivity index (χ3n) is 3.92. The molecule has 1 aromatic carbocycles. The molecule has 1 aromatic heterocycles. The summed E-state index contributed by atoms with van der Waals surface area (Å²) in [6, 6.07) is 11.5. The Kier molecular flexibility index (Phi) is 5.03. The van der Waals surface area contributed by atoms with Crippen LogP contribution in [0, 0.1) is 0 Å². The molecule has 2 heterocycles. The predicted molar refractivity (Wildman–Crippen MR) is 90.0 cm³/mol. The standard InChI is InChI=1S/C18H18N4O3/c23-16(20-11-13-6-8-19-9-7-13)10-15-17(24)22(18(25)21-15)12-14-4-2-1-3-5-14/h1-9,15H,10-12H2,(H,20,23)(H,21,25). The molecule has 1 aliphatic heterocycles. The summed E-state index contributed by atoms with van der Waals surface area (Å²) in [5.74, 6) is -0.676. The summed E-state index contributed by atoms with van der Waals surface area (Å²) < 4.78 is 0. The predicted octanol–water partition coefficient (Wildman–Crippen LogP) is 1.21. The smallest absolute Gasteiger partial charge is 0.325 e. The number of nitrogens with zero attached hydrogens (tertiary/aromatic N) is 2. The third kappa shape index (κ3) is 4.20. The molecule has 1 atom stereocenters. The molecule has 4 amide bonds. The molecule has 7 nitrogen and oxygen atoms in total. The number of amides is 4. The highest BCUT2D eigenvalue weighted by atomic mass is 16.2. The van der Waals surface area contributed by atoms with Crippen molar-refractivity contribution in [1.82, 2.24) is 20.5 Å². The van der Waals surface area contributed by atoms with Crippen molar-refractivity contribution in [3.8, 4) is 0 Å². The average molecular weight is 338 g/mol. The molecule has 1 unspecified atom stereocenters. The second kappa shape index (κ2) is 7.57. The molecule has 0 bridgehead atoms. The van der Waals surface area contributed by atoms with Gasteiger partial charge in [-0.2, -0.15) is 0 Å². The largest absolute Gasteiger partial charge is 0.352 e. The zero-order valence-corrected chi connectivity index (χ0v) is 13.5. The highest BCUT2D eigenvalue weighted by molar-refractivity contribution is 6.05. The maximum Gasteiger partial charge on any atom is 0.325 e. The van der Waals surface area contributed by atoms with Crippen molar-refractivity contribution < 1.29 is 14.4 Å². The van der Waals surface area contributed by atoms with Crippen molar-refractivity contribution >= 4 is 17.8 Å². The van der Waals surface area contributed by atoms with Gasteiger partial charge in [-0.05, 0) is 23.3 Å². The molecule has 0 radical (unpaired) electrons. The highest BCUT2D eigenvalue weighted by Gasteiger charge is 2.38. The molecule has 1 fully saturated rings. The maximum atomic E-state index is 12.4. The fourth-order valence-corrected chi connectivity index (χ4v) is 2.59. The lowest BCUT2D eigenvalue weighted by Crippen LogP contribution is -2.36. The molecule has 2 N–H and O–H groups in total. The van der Waals surface area contributed by atoms with Crippen LogP contribution < -0.4 is 10.6 Å². The zero-order valence-electron chi connectivity index (χ0n) is 13.5. The minimum absolute atomic E-state index is 0.0824. The molecular formula is C18H18N4O3. The molecule has 7 heteroatoms. The van der Waals surface area contributed by atoms with Crippen LogP contribution in [0.25, 0.3) is 0 Å². The van der Waals surface area contributed by atoms with Crippen LogP contribution in [0.15, 0.2) is 54.9 Å². The van der Waals surface area contributed by atoms with E-state index in [1.165, 1.54) is 0 Å². The number of aromatic nitrogens is 1.